The highest BCUT2D eigenvalue weighted by atomic mass is 32.2. The number of aryl methyl sites for hydroxylation is 3. The molecule has 0 atom stereocenters. The Bertz CT molecular complexity index is 964. The van der Waals surface area contributed by atoms with Crippen LogP contribution in [-0.4, -0.2) is 37.3 Å². The van der Waals surface area contributed by atoms with Gasteiger partial charge in [-0.15, -0.1) is 10.2 Å². The summed E-state index contributed by atoms with van der Waals surface area (Å²) in [6, 6.07) is 9.47. The zero-order chi connectivity index (χ0) is 19.4. The number of hydrazine groups is 1. The minimum atomic E-state index is -0.409. The number of amides is 2. The van der Waals surface area contributed by atoms with Gasteiger partial charge in [0.25, 0.3) is 5.91 Å². The molecule has 0 fully saturated rings. The van der Waals surface area contributed by atoms with Gasteiger partial charge in [-0.05, 0) is 50.1 Å². The summed E-state index contributed by atoms with van der Waals surface area (Å²) in [6.45, 7) is 5.91. The molecule has 0 saturated carbocycles. The van der Waals surface area contributed by atoms with Gasteiger partial charge in [-0.1, -0.05) is 23.9 Å². The molecular formula is C18H20N6O2S. The number of H-pyrrole nitrogens is 1. The monoisotopic (exact) mass is 384 g/mol. The van der Waals surface area contributed by atoms with Crippen molar-refractivity contribution >= 4 is 23.6 Å². The van der Waals surface area contributed by atoms with E-state index in [0.29, 0.717) is 10.9 Å². The molecule has 9 heteroatoms. The van der Waals surface area contributed by atoms with E-state index in [1.54, 1.807) is 18.3 Å². The van der Waals surface area contributed by atoms with Crippen LogP contribution in [0.25, 0.3) is 5.69 Å². The molecule has 3 N–H and O–H groups in total. The van der Waals surface area contributed by atoms with Gasteiger partial charge in [0.1, 0.15) is 11.5 Å². The van der Waals surface area contributed by atoms with E-state index in [1.165, 1.54) is 11.8 Å². The number of nitrogens with one attached hydrogen (secondary N) is 3. The predicted octanol–water partition coefficient (Wildman–Crippen LogP) is 2.07. The fourth-order valence-electron chi connectivity index (χ4n) is 2.51. The number of carbonyl (C=O) groups excluding carboxylic acids is 2. The molecule has 2 amide bonds. The van der Waals surface area contributed by atoms with Crippen LogP contribution in [0, 0.1) is 20.8 Å². The molecule has 0 spiro atoms. The van der Waals surface area contributed by atoms with Gasteiger partial charge in [-0.3, -0.25) is 25.0 Å². The first-order valence-electron chi connectivity index (χ1n) is 8.30. The predicted molar refractivity (Wildman–Crippen MR) is 103 cm³/mol. The Labute approximate surface area is 160 Å². The first-order valence-corrected chi connectivity index (χ1v) is 9.29. The van der Waals surface area contributed by atoms with E-state index in [-0.39, 0.29) is 11.7 Å². The standard InChI is InChI=1S/C18H20N6O2S/c1-11-6-7-12(2)15(9-11)24-13(3)20-23-18(24)27-10-16(25)21-22-17(26)14-5-4-8-19-14/h4-9,19H,10H2,1-3H3,(H,21,25)(H,22,26). The maximum atomic E-state index is 12.1. The van der Waals surface area contributed by atoms with Gasteiger partial charge < -0.3 is 4.98 Å². The van der Waals surface area contributed by atoms with Gasteiger partial charge >= 0.3 is 0 Å². The van der Waals surface area contributed by atoms with Crippen molar-refractivity contribution in [3.63, 3.8) is 0 Å². The summed E-state index contributed by atoms with van der Waals surface area (Å²) in [7, 11) is 0. The maximum Gasteiger partial charge on any atom is 0.286 e. The Morgan fingerprint density at radius 3 is 2.70 bits per heavy atom. The van der Waals surface area contributed by atoms with Gasteiger partial charge in [0.05, 0.1) is 11.4 Å². The number of benzene rings is 1. The normalized spacial score (nSPS) is 10.6. The van der Waals surface area contributed by atoms with E-state index in [0.717, 1.165) is 22.6 Å². The lowest BCUT2D eigenvalue weighted by atomic mass is 10.1. The lowest BCUT2D eigenvalue weighted by molar-refractivity contribution is -0.119. The third-order valence-corrected chi connectivity index (χ3v) is 4.82. The number of carbonyl (C=O) groups is 2. The number of thioether (sulfide) groups is 1. The van der Waals surface area contributed by atoms with Crippen molar-refractivity contribution in [3.05, 3.63) is 59.2 Å². The summed E-state index contributed by atoms with van der Waals surface area (Å²) >= 11 is 1.25. The Hall–Kier alpha value is -3.07. The van der Waals surface area contributed by atoms with Gasteiger partial charge in [-0.2, -0.15) is 0 Å². The smallest absolute Gasteiger partial charge is 0.286 e. The van der Waals surface area contributed by atoms with Gasteiger partial charge in [0, 0.05) is 6.20 Å². The van der Waals surface area contributed by atoms with Crippen LogP contribution in [0.3, 0.4) is 0 Å². The molecule has 3 rings (SSSR count). The zero-order valence-electron chi connectivity index (χ0n) is 15.2. The molecular weight excluding hydrogens is 364 g/mol. The maximum absolute atomic E-state index is 12.1. The quantitative estimate of drug-likeness (QED) is 0.461. The second-order valence-electron chi connectivity index (χ2n) is 6.03. The summed E-state index contributed by atoms with van der Waals surface area (Å²) in [4.78, 5) is 26.6. The average molecular weight is 384 g/mol. The fraction of sp³-hybridized carbons (Fsp3) is 0.222. The second kappa shape index (κ2) is 8.09. The lowest BCUT2D eigenvalue weighted by Gasteiger charge is -2.12. The number of hydrogen-bond donors (Lipinski definition) is 3. The molecule has 0 unspecified atom stereocenters. The molecule has 2 heterocycles. The Morgan fingerprint density at radius 2 is 1.96 bits per heavy atom. The number of hydrogen-bond acceptors (Lipinski definition) is 5. The minimum absolute atomic E-state index is 0.0913. The highest BCUT2D eigenvalue weighted by Crippen LogP contribution is 2.24. The topological polar surface area (TPSA) is 105 Å². The average Bonchev–Trinajstić information content (AvgIpc) is 3.30. The third-order valence-electron chi connectivity index (χ3n) is 3.89. The molecule has 0 radical (unpaired) electrons. The Kier molecular flexibility index (Phi) is 5.60. The van der Waals surface area contributed by atoms with Crippen LogP contribution in [0.4, 0.5) is 0 Å². The van der Waals surface area contributed by atoms with E-state index in [1.807, 2.05) is 37.5 Å². The molecule has 8 nitrogen and oxygen atoms in total. The van der Waals surface area contributed by atoms with E-state index >= 15 is 0 Å². The van der Waals surface area contributed by atoms with E-state index < -0.39 is 5.91 Å². The van der Waals surface area contributed by atoms with Crippen molar-refractivity contribution in [2.45, 2.75) is 25.9 Å². The zero-order valence-corrected chi connectivity index (χ0v) is 16.1. The van der Waals surface area contributed by atoms with Gasteiger partial charge in [-0.25, -0.2) is 0 Å². The largest absolute Gasteiger partial charge is 0.357 e. The Morgan fingerprint density at radius 1 is 1.15 bits per heavy atom. The van der Waals surface area contributed by atoms with Crippen LogP contribution >= 0.6 is 11.8 Å². The number of rotatable bonds is 5. The van der Waals surface area contributed by atoms with Crippen molar-refractivity contribution in [2.75, 3.05) is 5.75 Å². The highest BCUT2D eigenvalue weighted by molar-refractivity contribution is 7.99. The summed E-state index contributed by atoms with van der Waals surface area (Å²) in [6.07, 6.45) is 1.63. The highest BCUT2D eigenvalue weighted by Gasteiger charge is 2.15. The van der Waals surface area contributed by atoms with Crippen LogP contribution in [-0.2, 0) is 4.79 Å². The van der Waals surface area contributed by atoms with Crippen LogP contribution in [0.2, 0.25) is 0 Å². The molecule has 0 aliphatic rings. The molecule has 0 saturated heterocycles. The minimum Gasteiger partial charge on any atom is -0.357 e. The van der Waals surface area contributed by atoms with Gasteiger partial charge in [0.2, 0.25) is 5.91 Å². The van der Waals surface area contributed by atoms with Crippen LogP contribution in [0.1, 0.15) is 27.4 Å². The van der Waals surface area contributed by atoms with Crippen molar-refractivity contribution in [3.8, 4) is 5.69 Å². The molecule has 27 heavy (non-hydrogen) atoms. The molecule has 0 bridgehead atoms. The van der Waals surface area contributed by atoms with Crippen LogP contribution in [0.5, 0.6) is 0 Å². The van der Waals surface area contributed by atoms with E-state index in [4.69, 9.17) is 0 Å². The second-order valence-corrected chi connectivity index (χ2v) is 6.97. The number of aromatic nitrogens is 4. The molecule has 0 aliphatic heterocycles. The van der Waals surface area contributed by atoms with Crippen LogP contribution < -0.4 is 10.9 Å². The van der Waals surface area contributed by atoms with Crippen molar-refractivity contribution in [2.24, 2.45) is 0 Å². The molecule has 0 aliphatic carbocycles. The Balaban J connectivity index is 1.64. The van der Waals surface area contributed by atoms with E-state index in [9.17, 15) is 9.59 Å². The fourth-order valence-corrected chi connectivity index (χ4v) is 3.30. The van der Waals surface area contributed by atoms with Crippen molar-refractivity contribution in [1.82, 2.24) is 30.6 Å². The number of aromatic amines is 1. The molecule has 140 valence electrons. The summed E-state index contributed by atoms with van der Waals surface area (Å²) in [5, 5.41) is 8.93. The third kappa shape index (κ3) is 4.37. The summed E-state index contributed by atoms with van der Waals surface area (Å²) in [5.74, 6) is 0.0843. The van der Waals surface area contributed by atoms with Crippen molar-refractivity contribution < 1.29 is 9.59 Å². The first kappa shape index (κ1) is 18.7. The molecule has 1 aromatic carbocycles. The summed E-state index contributed by atoms with van der Waals surface area (Å²) < 4.78 is 1.93. The number of nitrogens with zero attached hydrogens (tertiary/aromatic N) is 3. The van der Waals surface area contributed by atoms with Gasteiger partial charge in [0.15, 0.2) is 5.16 Å². The van der Waals surface area contributed by atoms with E-state index in [2.05, 4.69) is 32.1 Å². The SMILES string of the molecule is Cc1ccc(C)c(-n2c(C)nnc2SCC(=O)NNC(=O)c2ccc[nH]2)c1. The lowest BCUT2D eigenvalue weighted by Crippen LogP contribution is -2.42. The molecule has 2 aromatic heterocycles. The van der Waals surface area contributed by atoms with Crippen LogP contribution in [0.15, 0.2) is 41.7 Å². The van der Waals surface area contributed by atoms with Crippen molar-refractivity contribution in [1.29, 1.82) is 0 Å². The summed E-state index contributed by atoms with van der Waals surface area (Å²) in [5.41, 5.74) is 8.33. The molecule has 3 aromatic rings. The first-order chi connectivity index (χ1) is 13.0.